The number of ether oxygens (including phenoxy) is 2. The molecule has 150 valence electrons. The van der Waals surface area contributed by atoms with Crippen LogP contribution in [0.15, 0.2) is 24.3 Å². The highest BCUT2D eigenvalue weighted by Gasteiger charge is 2.48. The predicted octanol–water partition coefficient (Wildman–Crippen LogP) is 2.27. The highest BCUT2D eigenvalue weighted by Crippen LogP contribution is 2.37. The maximum atomic E-state index is 13.0. The third kappa shape index (κ3) is 3.91. The van der Waals surface area contributed by atoms with Crippen molar-refractivity contribution in [2.45, 2.75) is 45.6 Å². The number of rotatable bonds is 4. The Kier molecular flexibility index (Phi) is 5.25. The van der Waals surface area contributed by atoms with Crippen LogP contribution in [0.2, 0.25) is 0 Å². The van der Waals surface area contributed by atoms with Gasteiger partial charge in [-0.05, 0) is 45.7 Å². The summed E-state index contributed by atoms with van der Waals surface area (Å²) in [6.07, 6.45) is 0.248. The molecule has 2 heterocycles. The van der Waals surface area contributed by atoms with E-state index >= 15 is 0 Å². The third-order valence-electron chi connectivity index (χ3n) is 4.72. The topological polar surface area (TPSA) is 99.2 Å². The summed E-state index contributed by atoms with van der Waals surface area (Å²) in [6.45, 7) is 5.73. The van der Waals surface area contributed by atoms with Gasteiger partial charge in [0.1, 0.15) is 5.60 Å². The summed E-state index contributed by atoms with van der Waals surface area (Å²) in [5, 5.41) is 0.472. The standard InChI is InChI=1S/C20H23NO7/c1-19(2,3)27-15(22)12-20(8-10-26-11-9-20)18(25)28-21-16(23)13-6-4-5-7-14(13)17(21)24/h4-7H,8-12H2,1-3H3. The quantitative estimate of drug-likeness (QED) is 0.575. The summed E-state index contributed by atoms with van der Waals surface area (Å²) in [5.74, 6) is -2.76. The second kappa shape index (κ2) is 7.35. The second-order valence-corrected chi connectivity index (χ2v) is 7.98. The second-order valence-electron chi connectivity index (χ2n) is 7.98. The van der Waals surface area contributed by atoms with Crippen molar-refractivity contribution in [1.82, 2.24) is 5.06 Å². The van der Waals surface area contributed by atoms with Gasteiger partial charge in [-0.3, -0.25) is 14.4 Å². The molecule has 8 nitrogen and oxygen atoms in total. The van der Waals surface area contributed by atoms with Gasteiger partial charge < -0.3 is 14.3 Å². The number of fused-ring (bicyclic) bond motifs is 1. The molecule has 28 heavy (non-hydrogen) atoms. The van der Waals surface area contributed by atoms with Crippen LogP contribution in [0.5, 0.6) is 0 Å². The summed E-state index contributed by atoms with van der Waals surface area (Å²) in [7, 11) is 0. The highest BCUT2D eigenvalue weighted by atomic mass is 16.7. The number of nitrogens with zero attached hydrogens (tertiary/aromatic N) is 1. The lowest BCUT2D eigenvalue weighted by atomic mass is 9.77. The zero-order valence-electron chi connectivity index (χ0n) is 16.1. The van der Waals surface area contributed by atoms with E-state index in [1.165, 1.54) is 12.1 Å². The van der Waals surface area contributed by atoms with Crippen molar-refractivity contribution in [3.05, 3.63) is 35.4 Å². The average molecular weight is 389 g/mol. The van der Waals surface area contributed by atoms with Crippen LogP contribution in [-0.2, 0) is 23.9 Å². The molecule has 0 aromatic heterocycles. The molecule has 2 aliphatic rings. The number of amides is 2. The van der Waals surface area contributed by atoms with E-state index < -0.39 is 34.8 Å². The van der Waals surface area contributed by atoms with Gasteiger partial charge in [-0.15, -0.1) is 0 Å². The van der Waals surface area contributed by atoms with Crippen LogP contribution in [0.4, 0.5) is 0 Å². The SMILES string of the molecule is CC(C)(C)OC(=O)CC1(C(=O)ON2C(=O)c3ccccc3C2=O)CCOCC1. The van der Waals surface area contributed by atoms with E-state index in [0.717, 1.165) is 0 Å². The minimum Gasteiger partial charge on any atom is -0.460 e. The van der Waals surface area contributed by atoms with Gasteiger partial charge in [0, 0.05) is 13.2 Å². The molecular formula is C20H23NO7. The van der Waals surface area contributed by atoms with Gasteiger partial charge in [0.2, 0.25) is 0 Å². The van der Waals surface area contributed by atoms with Gasteiger partial charge >= 0.3 is 11.9 Å². The predicted molar refractivity (Wildman–Crippen MR) is 96.0 cm³/mol. The lowest BCUT2D eigenvalue weighted by molar-refractivity contribution is -0.191. The Labute approximate surface area is 162 Å². The molecule has 0 saturated carbocycles. The summed E-state index contributed by atoms with van der Waals surface area (Å²) < 4.78 is 10.7. The molecule has 8 heteroatoms. The minimum absolute atomic E-state index is 0.175. The van der Waals surface area contributed by atoms with Crippen molar-refractivity contribution in [2.75, 3.05) is 13.2 Å². The molecule has 0 spiro atoms. The fourth-order valence-electron chi connectivity index (χ4n) is 3.30. The smallest absolute Gasteiger partial charge is 0.340 e. The van der Waals surface area contributed by atoms with Crippen LogP contribution in [0.1, 0.15) is 60.7 Å². The molecule has 3 rings (SSSR count). The van der Waals surface area contributed by atoms with Gasteiger partial charge in [-0.25, -0.2) is 4.79 Å². The van der Waals surface area contributed by atoms with Crippen LogP contribution in [0.3, 0.4) is 0 Å². The molecule has 0 unspecified atom stereocenters. The molecule has 1 aromatic carbocycles. The van der Waals surface area contributed by atoms with E-state index in [9.17, 15) is 19.2 Å². The van der Waals surface area contributed by atoms with Crippen molar-refractivity contribution in [3.63, 3.8) is 0 Å². The van der Waals surface area contributed by atoms with E-state index in [2.05, 4.69) is 0 Å². The molecule has 0 radical (unpaired) electrons. The van der Waals surface area contributed by atoms with Crippen LogP contribution in [-0.4, -0.2) is 47.6 Å². The summed E-state index contributed by atoms with van der Waals surface area (Å²) in [5.41, 5.74) is -1.56. The molecule has 2 aliphatic heterocycles. The van der Waals surface area contributed by atoms with E-state index in [-0.39, 0.29) is 43.6 Å². The van der Waals surface area contributed by atoms with Crippen molar-refractivity contribution >= 4 is 23.8 Å². The Morgan fingerprint density at radius 1 is 1.07 bits per heavy atom. The summed E-state index contributed by atoms with van der Waals surface area (Å²) in [4.78, 5) is 55.5. The lowest BCUT2D eigenvalue weighted by Crippen LogP contribution is -2.45. The van der Waals surface area contributed by atoms with E-state index in [1.54, 1.807) is 32.9 Å². The van der Waals surface area contributed by atoms with Crippen molar-refractivity contribution in [2.24, 2.45) is 5.41 Å². The number of benzene rings is 1. The van der Waals surface area contributed by atoms with Crippen LogP contribution in [0, 0.1) is 5.41 Å². The number of hydrogen-bond donors (Lipinski definition) is 0. The average Bonchev–Trinajstić information content (AvgIpc) is 2.86. The van der Waals surface area contributed by atoms with Crippen LogP contribution >= 0.6 is 0 Å². The van der Waals surface area contributed by atoms with Crippen LogP contribution in [0.25, 0.3) is 0 Å². The molecule has 0 N–H and O–H groups in total. The zero-order chi connectivity index (χ0) is 20.5. The first kappa shape index (κ1) is 20.0. The Bertz CT molecular complexity index is 783. The molecule has 2 amide bonds. The third-order valence-corrected chi connectivity index (χ3v) is 4.72. The largest absolute Gasteiger partial charge is 0.460 e. The van der Waals surface area contributed by atoms with Gasteiger partial charge in [-0.1, -0.05) is 17.2 Å². The first-order chi connectivity index (χ1) is 13.1. The summed E-state index contributed by atoms with van der Waals surface area (Å²) in [6, 6.07) is 6.23. The highest BCUT2D eigenvalue weighted by molar-refractivity contribution is 6.20. The molecule has 0 bridgehead atoms. The first-order valence-electron chi connectivity index (χ1n) is 9.13. The Morgan fingerprint density at radius 3 is 2.11 bits per heavy atom. The molecule has 0 aliphatic carbocycles. The minimum atomic E-state index is -1.21. The normalized spacial score (nSPS) is 18.6. The Hall–Kier alpha value is -2.74. The van der Waals surface area contributed by atoms with Crippen molar-refractivity contribution < 1.29 is 33.5 Å². The number of hydroxylamine groups is 2. The van der Waals surface area contributed by atoms with Gasteiger partial charge in [-0.2, -0.15) is 0 Å². The fraction of sp³-hybridized carbons (Fsp3) is 0.500. The van der Waals surface area contributed by atoms with E-state index in [4.69, 9.17) is 14.3 Å². The van der Waals surface area contributed by atoms with E-state index in [0.29, 0.717) is 5.06 Å². The number of imide groups is 1. The van der Waals surface area contributed by atoms with Gasteiger partial charge in [0.25, 0.3) is 11.8 Å². The number of carbonyl (C=O) groups excluding carboxylic acids is 4. The summed E-state index contributed by atoms with van der Waals surface area (Å²) >= 11 is 0. The van der Waals surface area contributed by atoms with Crippen molar-refractivity contribution in [3.8, 4) is 0 Å². The molecule has 1 saturated heterocycles. The number of carbonyl (C=O) groups is 4. The number of esters is 1. The molecular weight excluding hydrogens is 366 g/mol. The Morgan fingerprint density at radius 2 is 1.61 bits per heavy atom. The number of hydrogen-bond acceptors (Lipinski definition) is 7. The molecule has 0 atom stereocenters. The molecule has 1 aromatic rings. The lowest BCUT2D eigenvalue weighted by Gasteiger charge is -2.35. The fourth-order valence-corrected chi connectivity index (χ4v) is 3.30. The van der Waals surface area contributed by atoms with Gasteiger partial charge in [0.15, 0.2) is 0 Å². The van der Waals surface area contributed by atoms with Crippen molar-refractivity contribution in [1.29, 1.82) is 0 Å². The first-order valence-corrected chi connectivity index (χ1v) is 9.13. The van der Waals surface area contributed by atoms with E-state index in [1.807, 2.05) is 0 Å². The van der Waals surface area contributed by atoms with Crippen LogP contribution < -0.4 is 0 Å². The maximum Gasteiger partial charge on any atom is 0.340 e. The molecule has 1 fully saturated rings. The maximum absolute atomic E-state index is 13.0. The monoisotopic (exact) mass is 389 g/mol. The zero-order valence-corrected chi connectivity index (χ0v) is 16.1. The van der Waals surface area contributed by atoms with Gasteiger partial charge in [0.05, 0.1) is 23.0 Å². The Balaban J connectivity index is 1.78.